The summed E-state index contributed by atoms with van der Waals surface area (Å²) in [6.45, 7) is 27.3. The first-order chi connectivity index (χ1) is 64.1. The van der Waals surface area contributed by atoms with Crippen LogP contribution in [0.1, 0.15) is 105 Å². The third-order valence-electron chi connectivity index (χ3n) is 27.9. The van der Waals surface area contributed by atoms with Crippen LogP contribution in [0.15, 0.2) is 337 Å². The minimum Gasteiger partial charge on any atom is -0.497 e. The molecule has 20 aromatic carbocycles. The molecule has 0 saturated heterocycles. The van der Waals surface area contributed by atoms with Gasteiger partial charge in [0.15, 0.2) is 0 Å². The molecule has 652 valence electrons. The Morgan fingerprint density at radius 3 is 0.654 bits per heavy atom. The molecule has 0 radical (unpaired) electrons. The van der Waals surface area contributed by atoms with Gasteiger partial charge < -0.3 is 18.9 Å². The van der Waals surface area contributed by atoms with Crippen molar-refractivity contribution in [2.45, 2.75) is 115 Å². The Labute approximate surface area is 785 Å². The Kier molecular flexibility index (Phi) is 20.1. The molecule has 0 unspecified atom stereocenters. The van der Waals surface area contributed by atoms with Crippen LogP contribution in [-0.4, -0.2) is 36.9 Å². The van der Waals surface area contributed by atoms with E-state index in [-0.39, 0.29) is 31.5 Å². The number of ether oxygens (including phenoxy) is 4. The zero-order chi connectivity index (χ0) is 91.8. The lowest BCUT2D eigenvalue weighted by molar-refractivity contribution is 0.415. The summed E-state index contributed by atoms with van der Waals surface area (Å²) in [4.78, 5) is 0.493. The van der Waals surface area contributed by atoms with Crippen LogP contribution in [0.3, 0.4) is 0 Å². The van der Waals surface area contributed by atoms with Gasteiger partial charge in [-0.2, -0.15) is 0 Å². The van der Waals surface area contributed by atoms with Crippen LogP contribution in [0.4, 0.5) is 0 Å². The van der Waals surface area contributed by atoms with E-state index in [4.69, 9.17) is 18.9 Å². The van der Waals surface area contributed by atoms with E-state index >= 15 is 8.42 Å². The molecule has 0 amide bonds. The van der Waals surface area contributed by atoms with Crippen molar-refractivity contribution in [3.05, 3.63) is 350 Å². The molecule has 0 aliphatic rings. The van der Waals surface area contributed by atoms with E-state index in [0.29, 0.717) is 21.9 Å². The second-order valence-corrected chi connectivity index (χ2v) is 43.9. The first kappa shape index (κ1) is 84.6. The van der Waals surface area contributed by atoms with Crippen LogP contribution in [-0.2, 0) is 31.5 Å². The van der Waals surface area contributed by atoms with Crippen LogP contribution >= 0.6 is 22.7 Å². The summed E-state index contributed by atoms with van der Waals surface area (Å²) in [6, 6.07) is 119. The van der Waals surface area contributed by atoms with Crippen molar-refractivity contribution < 1.29 is 27.4 Å². The normalized spacial score (nSPS) is 12.6. The number of methoxy groups -OCH3 is 4. The SMILES string of the molecule is COc1ccc(-c2c3ccccc3c(-c3ccc4c(c3)sc3ccc(-c5c6ccccc6c(-c6ccc(OC)cc6)c6ccc(C(C)(C)C)cc56)c(S(=O)(=O)c5c(-c6c7ccccc7c(-c7ccc(OC)cc7)c7ccc(C(C)(C)C)cc67)ccc6sc7cc(-c8c9ccccc9c(-c9ccc(OC)cc9)c9ccc(C(C)(C)C)cc89)ccc7c56)c34)c3cc(C(C)(C)C)ccc23)cc1. The number of sulfone groups is 1. The van der Waals surface area contributed by atoms with E-state index in [1.807, 2.05) is 24.3 Å². The largest absolute Gasteiger partial charge is 0.497 e. The van der Waals surface area contributed by atoms with E-state index in [0.717, 1.165) is 228 Å². The Hall–Kier alpha value is -13.9. The molecule has 0 bridgehead atoms. The fraction of sp³-hybridized carbons (Fsp3) is 0.161. The van der Waals surface area contributed by atoms with Crippen molar-refractivity contribution in [1.82, 2.24) is 0 Å². The summed E-state index contributed by atoms with van der Waals surface area (Å²) in [5, 5.41) is 19.8. The van der Waals surface area contributed by atoms with Crippen molar-refractivity contribution in [2.75, 3.05) is 28.4 Å². The van der Waals surface area contributed by atoms with E-state index < -0.39 is 9.84 Å². The zero-order valence-corrected chi connectivity index (χ0v) is 80.3. The van der Waals surface area contributed by atoms with Crippen LogP contribution in [0.2, 0.25) is 0 Å². The summed E-state index contributed by atoms with van der Waals surface area (Å²) in [5.41, 5.74) is 19.5. The monoisotopic (exact) mass is 1780 g/mol. The van der Waals surface area contributed by atoms with Crippen LogP contribution < -0.4 is 18.9 Å². The summed E-state index contributed by atoms with van der Waals surface area (Å²) in [6.07, 6.45) is 0. The Morgan fingerprint density at radius 1 is 0.203 bits per heavy atom. The Bertz CT molecular complexity index is 8240. The molecule has 22 aromatic rings. The zero-order valence-electron chi connectivity index (χ0n) is 77.9. The molecule has 0 atom stereocenters. The van der Waals surface area contributed by atoms with Gasteiger partial charge in [0.05, 0.1) is 38.2 Å². The van der Waals surface area contributed by atoms with Gasteiger partial charge in [-0.05, 0) is 305 Å². The first-order valence-corrected chi connectivity index (χ1v) is 49.0. The van der Waals surface area contributed by atoms with Gasteiger partial charge in [0, 0.05) is 51.5 Å². The summed E-state index contributed by atoms with van der Waals surface area (Å²) >= 11 is 3.32. The summed E-state index contributed by atoms with van der Waals surface area (Å²) < 4.78 is 66.3. The van der Waals surface area contributed by atoms with E-state index in [1.165, 1.54) is 11.1 Å². The number of thiophene rings is 2. The van der Waals surface area contributed by atoms with Crippen molar-refractivity contribution in [1.29, 1.82) is 0 Å². The summed E-state index contributed by atoms with van der Waals surface area (Å²) in [7, 11) is 1.90. The number of benzene rings is 20. The van der Waals surface area contributed by atoms with Gasteiger partial charge in [-0.25, -0.2) is 8.42 Å². The molecule has 6 nitrogen and oxygen atoms in total. The maximum Gasteiger partial charge on any atom is 0.209 e. The molecular formula is C124H102O6S3. The predicted molar refractivity (Wildman–Crippen MR) is 569 cm³/mol. The highest BCUT2D eigenvalue weighted by atomic mass is 32.2. The van der Waals surface area contributed by atoms with Gasteiger partial charge in [-0.15, -0.1) is 22.7 Å². The molecule has 9 heteroatoms. The minimum absolute atomic E-state index is 0.181. The van der Waals surface area contributed by atoms with Crippen molar-refractivity contribution in [3.63, 3.8) is 0 Å². The van der Waals surface area contributed by atoms with Crippen LogP contribution in [0.5, 0.6) is 23.0 Å². The molecule has 133 heavy (non-hydrogen) atoms. The second-order valence-electron chi connectivity index (χ2n) is 39.9. The third-order valence-corrected chi connectivity index (χ3v) is 32.1. The Balaban J connectivity index is 0.897. The van der Waals surface area contributed by atoms with Gasteiger partial charge >= 0.3 is 0 Å². The van der Waals surface area contributed by atoms with Crippen LogP contribution in [0, 0.1) is 0 Å². The highest BCUT2D eigenvalue weighted by Crippen LogP contribution is 2.58. The molecule has 2 heterocycles. The molecule has 0 aliphatic heterocycles. The molecule has 22 rings (SSSR count). The van der Waals surface area contributed by atoms with Gasteiger partial charge in [-0.3, -0.25) is 0 Å². The molecular weight excluding hydrogens is 1680 g/mol. The Morgan fingerprint density at radius 2 is 0.414 bits per heavy atom. The quantitative estimate of drug-likeness (QED) is 0.101. The molecule has 0 spiro atoms. The fourth-order valence-electron chi connectivity index (χ4n) is 21.1. The number of hydrogen-bond acceptors (Lipinski definition) is 8. The topological polar surface area (TPSA) is 71.1 Å². The van der Waals surface area contributed by atoms with Crippen molar-refractivity contribution in [2.24, 2.45) is 0 Å². The van der Waals surface area contributed by atoms with Gasteiger partial charge in [-0.1, -0.05) is 314 Å². The second kappa shape index (κ2) is 31.7. The lowest BCUT2D eigenvalue weighted by Crippen LogP contribution is -2.11. The fourth-order valence-corrected chi connectivity index (χ4v) is 25.6. The van der Waals surface area contributed by atoms with E-state index in [1.54, 1.807) is 51.1 Å². The average molecular weight is 1780 g/mol. The maximum absolute atomic E-state index is 19.8. The highest BCUT2D eigenvalue weighted by molar-refractivity contribution is 7.92. The lowest BCUT2D eigenvalue weighted by Gasteiger charge is -2.25. The van der Waals surface area contributed by atoms with Gasteiger partial charge in [0.25, 0.3) is 0 Å². The van der Waals surface area contributed by atoms with E-state index in [9.17, 15) is 0 Å². The van der Waals surface area contributed by atoms with Crippen molar-refractivity contribution >= 4 is 159 Å². The standard InChI is InChI=1S/C124H102O6S3/c1-121(2,3)77-43-57-93-101(67-77)113(87-27-19-17-25-85(87)109(93)71-33-47-81(127-13)48-34-71)75-41-55-97-107(65-75)131-105-63-61-99(115-91-31-23-21-29-89(91)111(73-37-51-83(129-15)52-38-73)95-59-45-79(69-103(95)115)123(7,8)9)119(117(97)105)133(125,126)120-100(116-92-32-24-22-30-90(92)112(74-39-53-84(130-16)54-40-74)96-60-46-80(70-104(96)116)124(10,11)12)62-64-106-118(120)98-56-42-76(66-108(98)132-106)114-88-28-20-18-26-86(88)110(72-35-49-82(128-14)50-36-72)94-58-44-78(68-102(94)114)122(4,5)6/h17-70H,1-16H3. The summed E-state index contributed by atoms with van der Waals surface area (Å²) in [5.74, 6) is 3.10. The van der Waals surface area contributed by atoms with E-state index in [2.05, 4.69) is 386 Å². The minimum atomic E-state index is -4.94. The third kappa shape index (κ3) is 13.9. The average Bonchev–Trinajstić information content (AvgIpc) is 1.64. The van der Waals surface area contributed by atoms with Gasteiger partial charge in [0.1, 0.15) is 23.0 Å². The highest BCUT2D eigenvalue weighted by Gasteiger charge is 2.37. The molecule has 0 aliphatic carbocycles. The number of fused-ring (bicyclic) bond motifs is 14. The maximum atomic E-state index is 19.8. The van der Waals surface area contributed by atoms with Gasteiger partial charge in [0.2, 0.25) is 9.84 Å². The number of rotatable bonds is 14. The predicted octanol–water partition coefficient (Wildman–Crippen LogP) is 35.0. The number of hydrogen-bond donors (Lipinski definition) is 0. The molecule has 0 fully saturated rings. The first-order valence-electron chi connectivity index (χ1n) is 45.9. The smallest absolute Gasteiger partial charge is 0.209 e. The molecule has 0 N–H and O–H groups in total. The molecule has 0 saturated carbocycles. The molecule has 2 aromatic heterocycles. The lowest BCUT2D eigenvalue weighted by atomic mass is 9.81. The van der Waals surface area contributed by atoms with Crippen LogP contribution in [0.25, 0.3) is 216 Å². The van der Waals surface area contributed by atoms with Crippen molar-refractivity contribution in [3.8, 4) is 112 Å².